The minimum Gasteiger partial charge on any atom is -0.486 e. The third kappa shape index (κ3) is 5.50. The number of rotatable bonds is 7. The molecule has 7 nitrogen and oxygen atoms in total. The molecule has 0 aliphatic heterocycles. The van der Waals surface area contributed by atoms with Crippen molar-refractivity contribution in [2.24, 2.45) is 5.84 Å². The fraction of sp³-hybridized carbons (Fsp3) is 0.375. The first-order valence-corrected chi connectivity index (χ1v) is 9.72. The highest BCUT2D eigenvalue weighted by molar-refractivity contribution is 7.91. The van der Waals surface area contributed by atoms with Gasteiger partial charge >= 0.3 is 6.18 Å². The van der Waals surface area contributed by atoms with Crippen molar-refractivity contribution >= 4 is 15.7 Å². The van der Waals surface area contributed by atoms with Crippen LogP contribution in [0.5, 0.6) is 5.75 Å². The van der Waals surface area contributed by atoms with Gasteiger partial charge in [0.1, 0.15) is 17.0 Å². The lowest BCUT2D eigenvalue weighted by Crippen LogP contribution is -2.21. The van der Waals surface area contributed by atoms with E-state index >= 15 is 0 Å². The minimum absolute atomic E-state index is 0.0424. The summed E-state index contributed by atoms with van der Waals surface area (Å²) in [5, 5.41) is 0. The van der Waals surface area contributed by atoms with Crippen LogP contribution in [0.4, 0.5) is 27.8 Å². The topological polar surface area (TPSA) is 107 Å². The number of nitrogen functional groups attached to an aromatic ring is 1. The molecule has 2 rings (SSSR count). The minimum atomic E-state index is -4.91. The van der Waals surface area contributed by atoms with E-state index in [1.54, 1.807) is 5.43 Å². The van der Waals surface area contributed by atoms with Crippen LogP contribution in [0.2, 0.25) is 0 Å². The zero-order chi connectivity index (χ0) is 22.0. The lowest BCUT2D eigenvalue weighted by Gasteiger charge is -2.16. The Morgan fingerprint density at radius 3 is 2.31 bits per heavy atom. The second kappa shape index (κ2) is 8.06. The van der Waals surface area contributed by atoms with Crippen molar-refractivity contribution in [3.63, 3.8) is 0 Å². The summed E-state index contributed by atoms with van der Waals surface area (Å²) in [4.78, 5) is 6.89. The van der Waals surface area contributed by atoms with E-state index in [1.165, 1.54) is 19.1 Å². The van der Waals surface area contributed by atoms with Gasteiger partial charge in [-0.25, -0.2) is 28.0 Å². The molecule has 2 aromatic heterocycles. The SMILES string of the molecule is CCS(=O)(=O)c1cc(C(F)(F)F)c(NN)nc1-c1ccc(OCC(C)(F)F)cn1. The Morgan fingerprint density at radius 2 is 1.86 bits per heavy atom. The predicted molar refractivity (Wildman–Crippen MR) is 94.1 cm³/mol. The summed E-state index contributed by atoms with van der Waals surface area (Å²) in [7, 11) is -4.13. The number of ether oxygens (including phenoxy) is 1. The number of hydrogen-bond donors (Lipinski definition) is 2. The Morgan fingerprint density at radius 1 is 1.21 bits per heavy atom. The molecule has 0 amide bonds. The number of aromatic nitrogens is 2. The van der Waals surface area contributed by atoms with E-state index in [0.29, 0.717) is 13.0 Å². The highest BCUT2D eigenvalue weighted by Crippen LogP contribution is 2.38. The van der Waals surface area contributed by atoms with Crippen LogP contribution in [0.25, 0.3) is 11.4 Å². The number of hydrazine groups is 1. The molecule has 0 aliphatic carbocycles. The largest absolute Gasteiger partial charge is 0.486 e. The Balaban J connectivity index is 2.59. The van der Waals surface area contributed by atoms with Crippen molar-refractivity contribution in [2.45, 2.75) is 30.8 Å². The summed E-state index contributed by atoms with van der Waals surface area (Å²) in [6.07, 6.45) is -3.89. The molecule has 3 N–H and O–H groups in total. The zero-order valence-corrected chi connectivity index (χ0v) is 16.0. The van der Waals surface area contributed by atoms with Crippen molar-refractivity contribution in [1.82, 2.24) is 9.97 Å². The summed E-state index contributed by atoms with van der Waals surface area (Å²) < 4.78 is 95.0. The number of nitrogens with zero attached hydrogens (tertiary/aromatic N) is 2. The highest BCUT2D eigenvalue weighted by atomic mass is 32.2. The molecule has 0 fully saturated rings. The second-order valence-electron chi connectivity index (χ2n) is 6.01. The van der Waals surface area contributed by atoms with Gasteiger partial charge in [-0.15, -0.1) is 0 Å². The van der Waals surface area contributed by atoms with Gasteiger partial charge in [-0.3, -0.25) is 4.98 Å². The molecule has 0 aromatic carbocycles. The Labute approximate surface area is 163 Å². The smallest absolute Gasteiger partial charge is 0.420 e. The molecule has 0 aliphatic rings. The molecule has 0 unspecified atom stereocenters. The number of halogens is 5. The summed E-state index contributed by atoms with van der Waals surface area (Å²) >= 11 is 0. The van der Waals surface area contributed by atoms with Gasteiger partial charge in [-0.05, 0) is 18.2 Å². The summed E-state index contributed by atoms with van der Waals surface area (Å²) in [6, 6.07) is 2.83. The van der Waals surface area contributed by atoms with Crippen LogP contribution in [-0.4, -0.2) is 36.7 Å². The van der Waals surface area contributed by atoms with Crippen LogP contribution in [0, 0.1) is 0 Å². The number of pyridine rings is 2. The quantitative estimate of drug-likeness (QED) is 0.387. The first-order chi connectivity index (χ1) is 13.3. The predicted octanol–water partition coefficient (Wildman–Crippen LogP) is 3.28. The summed E-state index contributed by atoms with van der Waals surface area (Å²) in [5.41, 5.74) is -0.0527. The Hall–Kier alpha value is -2.54. The molecule has 13 heteroatoms. The fourth-order valence-electron chi connectivity index (χ4n) is 2.21. The maximum atomic E-state index is 13.3. The van der Waals surface area contributed by atoms with Gasteiger partial charge in [-0.2, -0.15) is 13.2 Å². The maximum Gasteiger partial charge on any atom is 0.420 e. The van der Waals surface area contributed by atoms with E-state index in [4.69, 9.17) is 10.6 Å². The van der Waals surface area contributed by atoms with E-state index in [1.807, 2.05) is 0 Å². The third-order valence-corrected chi connectivity index (χ3v) is 5.36. The number of sulfone groups is 1. The van der Waals surface area contributed by atoms with Crippen molar-refractivity contribution in [3.8, 4) is 17.1 Å². The normalized spacial score (nSPS) is 12.7. The molecule has 0 atom stereocenters. The third-order valence-electron chi connectivity index (χ3n) is 3.62. The van der Waals surface area contributed by atoms with Crippen molar-refractivity contribution in [3.05, 3.63) is 30.0 Å². The highest BCUT2D eigenvalue weighted by Gasteiger charge is 2.37. The first-order valence-electron chi connectivity index (χ1n) is 8.07. The van der Waals surface area contributed by atoms with Gasteiger partial charge in [0.15, 0.2) is 22.3 Å². The first kappa shape index (κ1) is 22.7. The van der Waals surface area contributed by atoms with E-state index in [9.17, 15) is 30.4 Å². The summed E-state index contributed by atoms with van der Waals surface area (Å²) in [6.45, 7) is 1.00. The average Bonchev–Trinajstić information content (AvgIpc) is 2.64. The molecule has 0 bridgehead atoms. The van der Waals surface area contributed by atoms with Crippen molar-refractivity contribution in [1.29, 1.82) is 0 Å². The molecule has 0 saturated carbocycles. The molecule has 29 heavy (non-hydrogen) atoms. The average molecular weight is 440 g/mol. The summed E-state index contributed by atoms with van der Waals surface area (Å²) in [5.74, 6) is 0.708. The molecule has 2 heterocycles. The van der Waals surface area contributed by atoms with Crippen molar-refractivity contribution < 1.29 is 35.1 Å². The van der Waals surface area contributed by atoms with E-state index in [2.05, 4.69) is 9.97 Å². The standard InChI is InChI=1S/C16H17F5N4O3S/c1-3-29(26,27)12-6-10(16(19,20)21)14(25-22)24-13(12)11-5-4-9(7-23-11)28-8-15(2,17)18/h4-7H,3,8,22H2,1-2H3,(H,24,25). The second-order valence-corrected chi connectivity index (χ2v) is 8.26. The Kier molecular flexibility index (Phi) is 6.33. The molecule has 0 spiro atoms. The van der Waals surface area contributed by atoms with Gasteiger partial charge in [0, 0.05) is 6.92 Å². The monoisotopic (exact) mass is 440 g/mol. The number of anilines is 1. The molecule has 0 radical (unpaired) electrons. The molecule has 0 saturated heterocycles. The fourth-order valence-corrected chi connectivity index (χ4v) is 3.27. The van der Waals surface area contributed by atoms with Gasteiger partial charge < -0.3 is 10.2 Å². The van der Waals surface area contributed by atoms with Crippen LogP contribution >= 0.6 is 0 Å². The van der Waals surface area contributed by atoms with Crippen LogP contribution < -0.4 is 16.0 Å². The lowest BCUT2D eigenvalue weighted by molar-refractivity contribution is -0.137. The molecule has 2 aromatic rings. The number of nitrogens with two attached hydrogens (primary N) is 1. The van der Waals surface area contributed by atoms with Crippen molar-refractivity contribution in [2.75, 3.05) is 17.8 Å². The van der Waals surface area contributed by atoms with Gasteiger partial charge in [0.25, 0.3) is 5.92 Å². The lowest BCUT2D eigenvalue weighted by atomic mass is 10.2. The van der Waals surface area contributed by atoms with Crippen LogP contribution in [-0.2, 0) is 16.0 Å². The maximum absolute atomic E-state index is 13.3. The van der Waals surface area contributed by atoms with Gasteiger partial charge in [0.2, 0.25) is 0 Å². The Bertz CT molecular complexity index is 974. The van der Waals surface area contributed by atoms with Crippen LogP contribution in [0.15, 0.2) is 29.3 Å². The van der Waals surface area contributed by atoms with Gasteiger partial charge in [-0.1, -0.05) is 6.92 Å². The van der Waals surface area contributed by atoms with E-state index < -0.39 is 50.6 Å². The number of alkyl halides is 5. The molecular formula is C16H17F5N4O3S. The van der Waals surface area contributed by atoms with Crippen LogP contribution in [0.3, 0.4) is 0 Å². The van der Waals surface area contributed by atoms with Crippen LogP contribution in [0.1, 0.15) is 19.4 Å². The molecular weight excluding hydrogens is 423 g/mol. The molecule has 160 valence electrons. The van der Waals surface area contributed by atoms with Gasteiger partial charge in [0.05, 0.1) is 22.5 Å². The number of nitrogens with one attached hydrogen (secondary N) is 1. The van der Waals surface area contributed by atoms with E-state index in [-0.39, 0.29) is 17.1 Å². The zero-order valence-electron chi connectivity index (χ0n) is 15.2. The van der Waals surface area contributed by atoms with E-state index in [0.717, 1.165) is 6.20 Å². The number of hydrogen-bond acceptors (Lipinski definition) is 7.